The summed E-state index contributed by atoms with van der Waals surface area (Å²) in [6.07, 6.45) is 2.16. The van der Waals surface area contributed by atoms with Crippen LogP contribution < -0.4 is 5.69 Å². The summed E-state index contributed by atoms with van der Waals surface area (Å²) < 4.78 is 1.21. The van der Waals surface area contributed by atoms with Crippen LogP contribution in [0.2, 0.25) is 0 Å². The van der Waals surface area contributed by atoms with E-state index in [1.807, 2.05) is 24.3 Å². The van der Waals surface area contributed by atoms with Crippen LogP contribution in [0.3, 0.4) is 0 Å². The first-order chi connectivity index (χ1) is 8.61. The second kappa shape index (κ2) is 4.91. The van der Waals surface area contributed by atoms with Gasteiger partial charge in [-0.25, -0.2) is 9.59 Å². The molecule has 0 radical (unpaired) electrons. The molecule has 2 rings (SSSR count). The van der Waals surface area contributed by atoms with Gasteiger partial charge in [-0.2, -0.15) is 0 Å². The molecule has 5 nitrogen and oxygen atoms in total. The van der Waals surface area contributed by atoms with Gasteiger partial charge in [-0.15, -0.1) is 0 Å². The number of imidazole rings is 1. The summed E-state index contributed by atoms with van der Waals surface area (Å²) in [5.74, 6) is -1.11. The van der Waals surface area contributed by atoms with Crippen LogP contribution in [0, 0.1) is 0 Å². The molecule has 0 saturated heterocycles. The molecule has 1 aromatic heterocycles. The number of aromatic amines is 1. The Balaban J connectivity index is 2.30. The summed E-state index contributed by atoms with van der Waals surface area (Å²) in [7, 11) is 0. The zero-order chi connectivity index (χ0) is 13.1. The number of carboxylic acids is 1. The van der Waals surface area contributed by atoms with E-state index in [9.17, 15) is 9.59 Å². The maximum absolute atomic E-state index is 11.5. The van der Waals surface area contributed by atoms with Crippen LogP contribution in [-0.2, 0) is 13.0 Å². The van der Waals surface area contributed by atoms with Gasteiger partial charge in [0.15, 0.2) is 0 Å². The average molecular weight is 246 g/mol. The molecule has 0 amide bonds. The molecule has 0 unspecified atom stereocenters. The first-order valence-electron chi connectivity index (χ1n) is 5.71. The first-order valence-corrected chi connectivity index (χ1v) is 5.71. The zero-order valence-corrected chi connectivity index (χ0v) is 10.0. The monoisotopic (exact) mass is 246 g/mol. The second-order valence-electron chi connectivity index (χ2n) is 4.04. The number of carbonyl (C=O) groups is 1. The molecule has 0 aliphatic carbocycles. The quantitative estimate of drug-likeness (QED) is 0.858. The van der Waals surface area contributed by atoms with Gasteiger partial charge in [-0.1, -0.05) is 31.2 Å². The van der Waals surface area contributed by atoms with E-state index in [0.717, 1.165) is 12.0 Å². The number of aromatic carboxylic acids is 1. The van der Waals surface area contributed by atoms with Crippen molar-refractivity contribution in [2.75, 3.05) is 0 Å². The van der Waals surface area contributed by atoms with E-state index in [-0.39, 0.29) is 12.2 Å². The van der Waals surface area contributed by atoms with Crippen LogP contribution in [0.25, 0.3) is 0 Å². The Morgan fingerprint density at radius 1 is 1.28 bits per heavy atom. The maximum atomic E-state index is 11.5. The molecule has 0 aliphatic heterocycles. The van der Waals surface area contributed by atoms with Gasteiger partial charge < -0.3 is 10.1 Å². The molecule has 5 heteroatoms. The van der Waals surface area contributed by atoms with Crippen LogP contribution in [-0.4, -0.2) is 20.6 Å². The van der Waals surface area contributed by atoms with Crippen LogP contribution in [0.1, 0.15) is 28.5 Å². The van der Waals surface area contributed by atoms with Crippen molar-refractivity contribution in [3.05, 3.63) is 57.8 Å². The number of hydrogen-bond donors (Lipinski definition) is 2. The number of hydrogen-bond acceptors (Lipinski definition) is 2. The van der Waals surface area contributed by atoms with Crippen molar-refractivity contribution in [1.82, 2.24) is 9.55 Å². The lowest BCUT2D eigenvalue weighted by molar-refractivity contribution is 0.0685. The normalized spacial score (nSPS) is 10.5. The Hall–Kier alpha value is -2.30. The highest BCUT2D eigenvalue weighted by Crippen LogP contribution is 2.07. The fourth-order valence-corrected chi connectivity index (χ4v) is 1.79. The van der Waals surface area contributed by atoms with Crippen molar-refractivity contribution in [1.29, 1.82) is 0 Å². The molecule has 1 heterocycles. The molecule has 0 spiro atoms. The molecule has 0 atom stereocenters. The third-order valence-corrected chi connectivity index (χ3v) is 2.86. The summed E-state index contributed by atoms with van der Waals surface area (Å²) in [6.45, 7) is 2.32. The van der Waals surface area contributed by atoms with Crippen molar-refractivity contribution >= 4 is 5.97 Å². The molecule has 18 heavy (non-hydrogen) atoms. The van der Waals surface area contributed by atoms with Gasteiger partial charge in [0, 0.05) is 6.20 Å². The zero-order valence-electron chi connectivity index (χ0n) is 10.0. The van der Waals surface area contributed by atoms with E-state index in [0.29, 0.717) is 0 Å². The molecule has 2 N–H and O–H groups in total. The first kappa shape index (κ1) is 12.2. The van der Waals surface area contributed by atoms with Crippen molar-refractivity contribution in [2.24, 2.45) is 0 Å². The largest absolute Gasteiger partial charge is 0.477 e. The number of benzene rings is 1. The van der Waals surface area contributed by atoms with Crippen LogP contribution in [0.15, 0.2) is 35.3 Å². The Kier molecular flexibility index (Phi) is 3.32. The summed E-state index contributed by atoms with van der Waals surface area (Å²) in [5, 5.41) is 8.96. The number of nitrogens with zero attached hydrogens (tertiary/aromatic N) is 1. The lowest BCUT2D eigenvalue weighted by Crippen LogP contribution is -2.21. The Morgan fingerprint density at radius 2 is 1.89 bits per heavy atom. The fraction of sp³-hybridized carbons (Fsp3) is 0.231. The van der Waals surface area contributed by atoms with Gasteiger partial charge >= 0.3 is 11.7 Å². The van der Waals surface area contributed by atoms with E-state index in [4.69, 9.17) is 5.11 Å². The van der Waals surface area contributed by atoms with Crippen LogP contribution >= 0.6 is 0 Å². The molecule has 2 aromatic rings. The third kappa shape index (κ3) is 2.34. The average Bonchev–Trinajstić information content (AvgIpc) is 2.72. The standard InChI is InChI=1S/C13H14N2O3/c1-2-9-3-5-10(6-4-9)8-15-11(12(16)17)7-14-13(15)18/h3-7H,2,8H2,1H3,(H,14,18)(H,16,17). The van der Waals surface area contributed by atoms with Gasteiger partial charge in [0.2, 0.25) is 0 Å². The summed E-state index contributed by atoms with van der Waals surface area (Å²) in [6, 6.07) is 7.77. The lowest BCUT2D eigenvalue weighted by atomic mass is 10.1. The minimum absolute atomic E-state index is 0.0282. The molecule has 0 bridgehead atoms. The Bertz CT molecular complexity index is 608. The number of aromatic nitrogens is 2. The Morgan fingerprint density at radius 3 is 2.44 bits per heavy atom. The summed E-state index contributed by atoms with van der Waals surface area (Å²) >= 11 is 0. The molecular weight excluding hydrogens is 232 g/mol. The van der Waals surface area contributed by atoms with Gasteiger partial charge in [0.1, 0.15) is 5.69 Å². The minimum atomic E-state index is -1.11. The lowest BCUT2D eigenvalue weighted by Gasteiger charge is -2.05. The smallest absolute Gasteiger partial charge is 0.354 e. The van der Waals surface area contributed by atoms with Crippen molar-refractivity contribution in [2.45, 2.75) is 19.9 Å². The second-order valence-corrected chi connectivity index (χ2v) is 4.04. The topological polar surface area (TPSA) is 75.1 Å². The molecule has 1 aromatic carbocycles. The highest BCUT2D eigenvalue weighted by atomic mass is 16.4. The van der Waals surface area contributed by atoms with E-state index in [2.05, 4.69) is 11.9 Å². The Labute approximate surface area is 104 Å². The summed E-state index contributed by atoms with van der Waals surface area (Å²) in [4.78, 5) is 24.8. The van der Waals surface area contributed by atoms with E-state index in [1.54, 1.807) is 0 Å². The molecule has 0 aliphatic rings. The van der Waals surface area contributed by atoms with Crippen LogP contribution in [0.5, 0.6) is 0 Å². The molecule has 94 valence electrons. The fourth-order valence-electron chi connectivity index (χ4n) is 1.79. The van der Waals surface area contributed by atoms with Gasteiger partial charge in [0.05, 0.1) is 6.54 Å². The molecular formula is C13H14N2O3. The number of carboxylic acid groups (broad SMARTS) is 1. The summed E-state index contributed by atoms with van der Waals surface area (Å²) in [5.41, 5.74) is 1.67. The van der Waals surface area contributed by atoms with Crippen LogP contribution in [0.4, 0.5) is 0 Å². The molecule has 0 fully saturated rings. The highest BCUT2D eigenvalue weighted by Gasteiger charge is 2.12. The number of rotatable bonds is 4. The van der Waals surface area contributed by atoms with E-state index >= 15 is 0 Å². The number of nitrogens with one attached hydrogen (secondary N) is 1. The predicted molar refractivity (Wildman–Crippen MR) is 66.9 cm³/mol. The predicted octanol–water partition coefficient (Wildman–Crippen LogP) is 1.49. The van der Waals surface area contributed by atoms with E-state index < -0.39 is 11.7 Å². The third-order valence-electron chi connectivity index (χ3n) is 2.86. The maximum Gasteiger partial charge on any atom is 0.354 e. The van der Waals surface area contributed by atoms with Gasteiger partial charge in [0.25, 0.3) is 0 Å². The SMILES string of the molecule is CCc1ccc(Cn2c(C(=O)O)c[nH]c2=O)cc1. The van der Waals surface area contributed by atoms with Crippen molar-refractivity contribution in [3.8, 4) is 0 Å². The van der Waals surface area contributed by atoms with Gasteiger partial charge in [-0.3, -0.25) is 4.57 Å². The highest BCUT2D eigenvalue weighted by molar-refractivity contribution is 5.85. The minimum Gasteiger partial charge on any atom is -0.477 e. The number of aryl methyl sites for hydroxylation is 1. The molecule has 0 saturated carbocycles. The number of H-pyrrole nitrogens is 1. The van der Waals surface area contributed by atoms with Crippen molar-refractivity contribution in [3.63, 3.8) is 0 Å². The van der Waals surface area contributed by atoms with E-state index in [1.165, 1.54) is 16.3 Å². The van der Waals surface area contributed by atoms with Gasteiger partial charge in [-0.05, 0) is 17.5 Å². The van der Waals surface area contributed by atoms with Crippen molar-refractivity contribution < 1.29 is 9.90 Å².